The average Bonchev–Trinajstić information content (AvgIpc) is 1.65. The monoisotopic (exact) mass is 1570 g/mol. The highest BCUT2D eigenvalue weighted by atomic mass is 16.5. The van der Waals surface area contributed by atoms with Gasteiger partial charge in [-0.1, -0.05) is 326 Å². The Labute approximate surface area is 736 Å². The van der Waals surface area contributed by atoms with Crippen molar-refractivity contribution in [3.8, 4) is 101 Å². The van der Waals surface area contributed by atoms with E-state index in [0.29, 0.717) is 94.9 Å². The molecule has 4 aliphatic rings. The molecule has 8 heteroatoms. The molecule has 0 spiro atoms. The smallest absolute Gasteiger partial charge is 0.256 e. The zero-order valence-electron chi connectivity index (χ0n) is 88.5. The summed E-state index contributed by atoms with van der Waals surface area (Å²) in [6.07, 6.45) is 0. The van der Waals surface area contributed by atoms with Gasteiger partial charge in [-0.05, 0) is 196 Å². The molecule has 0 amide bonds. The highest BCUT2D eigenvalue weighted by Crippen LogP contribution is 2.58. The van der Waals surface area contributed by atoms with Crippen LogP contribution in [-0.4, -0.2) is 27.5 Å². The van der Waals surface area contributed by atoms with Crippen molar-refractivity contribution in [2.45, 2.75) is 52.4 Å². The van der Waals surface area contributed by atoms with Crippen molar-refractivity contribution < 1.29 is 34.9 Å². The third-order valence-electron chi connectivity index (χ3n) is 24.5. The maximum absolute atomic E-state index is 12.2. The van der Waals surface area contributed by atoms with Crippen LogP contribution < -0.4 is 47.3 Å². The zero-order chi connectivity index (χ0) is 99.8. The highest BCUT2D eigenvalue weighted by Gasteiger charge is 2.51. The van der Waals surface area contributed by atoms with Gasteiger partial charge in [0.15, 0.2) is 0 Å². The number of ether oxygens (including phenoxy) is 1. The molecule has 0 saturated carbocycles. The minimum atomic E-state index is -1.51. The molecule has 0 aliphatic carbocycles. The van der Waals surface area contributed by atoms with Crippen molar-refractivity contribution in [3.05, 3.63) is 393 Å². The number of hydrogen-bond acceptors (Lipinski definition) is 4. The van der Waals surface area contributed by atoms with Crippen molar-refractivity contribution in [2.75, 3.05) is 9.80 Å². The molecule has 0 bridgehead atoms. The van der Waals surface area contributed by atoms with Crippen LogP contribution in [0, 0.1) is 0 Å². The van der Waals surface area contributed by atoms with Crippen molar-refractivity contribution in [2.24, 2.45) is 0 Å². The van der Waals surface area contributed by atoms with Crippen LogP contribution in [0.5, 0.6) is 11.5 Å². The summed E-state index contributed by atoms with van der Waals surface area (Å²) in [5.41, 5.74) is 10.3. The van der Waals surface area contributed by atoms with Crippen LogP contribution in [0.3, 0.4) is 0 Å². The van der Waals surface area contributed by atoms with Gasteiger partial charge in [-0.2, -0.15) is 0 Å². The van der Waals surface area contributed by atoms with Gasteiger partial charge in [0.05, 0.1) is 75.0 Å². The van der Waals surface area contributed by atoms with Crippen molar-refractivity contribution >= 4 is 135 Å². The van der Waals surface area contributed by atoms with E-state index in [9.17, 15) is 26.0 Å². The predicted molar refractivity (Wildman–Crippen MR) is 511 cm³/mol. The lowest BCUT2D eigenvalue weighted by molar-refractivity contribution is 0.489. The molecule has 24 rings (SSSR count). The molecule has 4 aliphatic heterocycles. The van der Waals surface area contributed by atoms with Gasteiger partial charge in [0, 0.05) is 88.7 Å². The van der Waals surface area contributed by atoms with E-state index in [1.165, 1.54) is 0 Å². The molecule has 7 heterocycles. The van der Waals surface area contributed by atoms with Crippen LogP contribution in [0.15, 0.2) is 382 Å². The Morgan fingerprint density at radius 2 is 0.851 bits per heavy atom. The summed E-state index contributed by atoms with van der Waals surface area (Å²) >= 11 is 0. The molecule has 0 unspecified atom stereocenters. The molecule has 20 aromatic rings. The van der Waals surface area contributed by atoms with Gasteiger partial charge in [-0.15, -0.1) is 0 Å². The summed E-state index contributed by atoms with van der Waals surface area (Å²) < 4.78 is 234. The molecular formula is C113H81B2N5O. The quantitative estimate of drug-likeness (QED) is 0.128. The number of para-hydroxylation sites is 4. The standard InChI is InChI=1S/C113H81B2N5O/c1-112(2,3)80-64-86(72-36-17-9-18-37-72)107(87(65-80)73-38-19-10-20-39-73)119-100-68-82(117-97-50-29-26-45-83(97)84-46-27-30-51-98(84)117)55-57-91(100)114-94-69-103-106-111(121-104-63-78(71-34-15-8-16-35-71)52-56-92(104)115(106)93-48-31-47-85-90-60-77(70-32-13-7-14-33-70)54-59-99(90)118(103)109(85)93)110(94)120(102-62-79(61-101(119)105(102)114)96-58-53-76-44-25-28-49-95(76)116-96)108-88(74-40-21-11-22-41-74)66-81(113(4,5)6)67-89(108)75-42-23-12-24-43-75/h7-69H,1-6H3/i7D,13D,14D,26D,27D,29D,30D,31D,32D,33D,45D,46D,47D,48D,50D,51D,54D,55D,57D,59D,60D,68D. The average molecular weight is 1570 g/mol. The fourth-order valence-corrected chi connectivity index (χ4v) is 18.9. The molecule has 3 aromatic heterocycles. The maximum Gasteiger partial charge on any atom is 0.256 e. The lowest BCUT2D eigenvalue weighted by Gasteiger charge is -2.47. The van der Waals surface area contributed by atoms with E-state index in [2.05, 4.69) is 101 Å². The Bertz CT molecular complexity index is 8900. The van der Waals surface area contributed by atoms with Crippen LogP contribution in [0.4, 0.5) is 34.1 Å². The molecule has 0 saturated heterocycles. The summed E-state index contributed by atoms with van der Waals surface area (Å²) in [7, 11) is 0. The van der Waals surface area contributed by atoms with Gasteiger partial charge < -0.3 is 23.7 Å². The third kappa shape index (κ3) is 10.9. The SMILES string of the molecule is [2H]c1c([2H])c([2H])c(-c2c([2H])c([2H])c3c(c2[2H])c2c([2H])c([2H])c([2H])c4c2n3-c2cc3c(c5c2B4c2ccc(-c4ccccc4)cc2O5)N(c2c(-c4ccccc4)cc(C(C)(C)C)cc2-c2ccccc2)c2cc(-c4ccc5ccccc5n4)cc4c2B3c2c([2H])c([2H])c(-n3c5c([2H])c([2H])c([2H])c([2H])c5c5c([2H])c([2H])c([2H])c([2H])c53)c([2H])c2N4c2c(-c3ccccc3)cc(C(C)(C)C)cc2-c2ccccc2)c([2H])c1[2H]. The molecule has 0 fully saturated rings. The van der Waals surface area contributed by atoms with Crippen LogP contribution in [0.2, 0.25) is 0 Å². The number of fused-ring (bicyclic) bond motifs is 16. The molecule has 121 heavy (non-hydrogen) atoms. The fourth-order valence-electron chi connectivity index (χ4n) is 18.9. The normalized spacial score (nSPS) is 15.6. The first-order chi connectivity index (χ1) is 68.5. The van der Waals surface area contributed by atoms with Crippen LogP contribution >= 0.6 is 0 Å². The number of benzene rings is 17. The van der Waals surface area contributed by atoms with E-state index in [4.69, 9.17) is 13.8 Å². The van der Waals surface area contributed by atoms with Crippen LogP contribution in [0.1, 0.15) is 82.8 Å². The second-order valence-electron chi connectivity index (χ2n) is 33.5. The number of hydrogen-bond donors (Lipinski definition) is 0. The van der Waals surface area contributed by atoms with Crippen LogP contribution in [-0.2, 0) is 10.8 Å². The maximum atomic E-state index is 12.2. The molecule has 0 radical (unpaired) electrons. The Kier molecular flexibility index (Phi) is 11.4. The summed E-state index contributed by atoms with van der Waals surface area (Å²) in [5.74, 6) is 0.343. The van der Waals surface area contributed by atoms with Gasteiger partial charge in [-0.3, -0.25) is 0 Å². The zero-order valence-corrected chi connectivity index (χ0v) is 66.5. The van der Waals surface area contributed by atoms with Gasteiger partial charge in [-0.25, -0.2) is 4.98 Å². The summed E-state index contributed by atoms with van der Waals surface area (Å²) in [6, 6.07) is 66.3. The molecule has 0 atom stereocenters. The number of nitrogens with zero attached hydrogens (tertiary/aromatic N) is 5. The van der Waals surface area contributed by atoms with Gasteiger partial charge >= 0.3 is 0 Å². The molecule has 17 aromatic carbocycles. The minimum Gasteiger partial charge on any atom is -0.456 e. The predicted octanol–water partition coefficient (Wildman–Crippen LogP) is 25.7. The highest BCUT2D eigenvalue weighted by molar-refractivity contribution is 7.02. The third-order valence-corrected chi connectivity index (χ3v) is 24.5. The Hall–Kier alpha value is -14.7. The number of aromatic nitrogens is 3. The Morgan fingerprint density at radius 1 is 0.322 bits per heavy atom. The number of pyridine rings is 1. The van der Waals surface area contributed by atoms with E-state index in [0.717, 1.165) is 37.8 Å². The fraction of sp³-hybridized carbons (Fsp3) is 0.0708. The van der Waals surface area contributed by atoms with Gasteiger partial charge in [0.1, 0.15) is 11.5 Å². The van der Waals surface area contributed by atoms with E-state index < -0.39 is 185 Å². The Balaban J connectivity index is 0.979. The summed E-state index contributed by atoms with van der Waals surface area (Å²) in [5, 5.41) is -0.231. The molecular weight excluding hydrogens is 1460 g/mol. The van der Waals surface area contributed by atoms with E-state index in [-0.39, 0.29) is 77.5 Å². The summed E-state index contributed by atoms with van der Waals surface area (Å²) in [4.78, 5) is 9.82. The van der Waals surface area contributed by atoms with Crippen molar-refractivity contribution in [3.63, 3.8) is 0 Å². The summed E-state index contributed by atoms with van der Waals surface area (Å²) in [6.45, 7) is 10.1. The lowest BCUT2D eigenvalue weighted by Crippen LogP contribution is -2.64. The molecule has 570 valence electrons. The van der Waals surface area contributed by atoms with E-state index in [1.807, 2.05) is 199 Å². The minimum absolute atomic E-state index is 0.0239. The van der Waals surface area contributed by atoms with E-state index in [1.54, 1.807) is 4.57 Å². The molecule has 6 nitrogen and oxygen atoms in total. The Morgan fingerprint density at radius 3 is 1.45 bits per heavy atom. The van der Waals surface area contributed by atoms with Gasteiger partial charge in [0.25, 0.3) is 13.4 Å². The first-order valence-electron chi connectivity index (χ1n) is 51.6. The largest absolute Gasteiger partial charge is 0.456 e. The lowest BCUT2D eigenvalue weighted by atomic mass is 9.31. The van der Waals surface area contributed by atoms with E-state index >= 15 is 0 Å². The van der Waals surface area contributed by atoms with Gasteiger partial charge in [0.2, 0.25) is 0 Å². The first kappa shape index (κ1) is 51.5. The first-order valence-corrected chi connectivity index (χ1v) is 40.6. The molecule has 0 N–H and O–H groups in total. The second kappa shape index (κ2) is 26.9. The second-order valence-corrected chi connectivity index (χ2v) is 33.5. The number of rotatable bonds is 10. The van der Waals surface area contributed by atoms with Crippen molar-refractivity contribution in [1.82, 2.24) is 14.1 Å². The number of anilines is 6. The van der Waals surface area contributed by atoms with Crippen LogP contribution in [0.25, 0.3) is 144 Å². The topological polar surface area (TPSA) is 38.5 Å². The van der Waals surface area contributed by atoms with Crippen molar-refractivity contribution in [1.29, 1.82) is 0 Å².